The van der Waals surface area contributed by atoms with Crippen LogP contribution in [0, 0.1) is 5.92 Å². The van der Waals surface area contributed by atoms with Gasteiger partial charge in [-0.3, -0.25) is 9.78 Å². The van der Waals surface area contributed by atoms with Gasteiger partial charge in [-0.1, -0.05) is 6.07 Å². The number of rotatable bonds is 6. The Balaban J connectivity index is 1.59. The van der Waals surface area contributed by atoms with Gasteiger partial charge in [0.25, 0.3) is 5.91 Å². The van der Waals surface area contributed by atoms with Crippen LogP contribution in [0.1, 0.15) is 23.3 Å². The summed E-state index contributed by atoms with van der Waals surface area (Å²) in [6, 6.07) is 11.5. The lowest BCUT2D eigenvalue weighted by Crippen LogP contribution is -2.43. The molecule has 2 aromatic rings. The predicted molar refractivity (Wildman–Crippen MR) is 101 cm³/mol. The first-order chi connectivity index (χ1) is 13.0. The number of methoxy groups -OCH3 is 1. The predicted octanol–water partition coefficient (Wildman–Crippen LogP) is 1.92. The van der Waals surface area contributed by atoms with Gasteiger partial charge in [0.1, 0.15) is 11.4 Å². The van der Waals surface area contributed by atoms with Gasteiger partial charge in [-0.15, -0.1) is 0 Å². The summed E-state index contributed by atoms with van der Waals surface area (Å²) < 4.78 is 32.6. The van der Waals surface area contributed by atoms with Gasteiger partial charge >= 0.3 is 0 Å². The van der Waals surface area contributed by atoms with Gasteiger partial charge in [-0.25, -0.2) is 13.1 Å². The molecule has 1 aromatic carbocycles. The highest BCUT2D eigenvalue weighted by atomic mass is 32.2. The Morgan fingerprint density at radius 1 is 1.26 bits per heavy atom. The Morgan fingerprint density at radius 2 is 2.04 bits per heavy atom. The number of carbonyl (C=O) groups excluding carboxylic acids is 1. The van der Waals surface area contributed by atoms with Crippen molar-refractivity contribution >= 4 is 15.9 Å². The summed E-state index contributed by atoms with van der Waals surface area (Å²) in [6.45, 7) is 1.47. The molecule has 1 atom stereocenters. The zero-order valence-corrected chi connectivity index (χ0v) is 16.0. The molecule has 1 N–H and O–H groups in total. The van der Waals surface area contributed by atoms with Crippen LogP contribution in [-0.4, -0.2) is 51.0 Å². The minimum absolute atomic E-state index is 0.0689. The zero-order valence-electron chi connectivity index (χ0n) is 15.2. The van der Waals surface area contributed by atoms with Crippen LogP contribution < -0.4 is 9.46 Å². The summed E-state index contributed by atoms with van der Waals surface area (Å²) in [7, 11) is -2.07. The van der Waals surface area contributed by atoms with E-state index in [-0.39, 0.29) is 16.7 Å². The number of likely N-dealkylation sites (tertiary alicyclic amines) is 1. The van der Waals surface area contributed by atoms with E-state index in [2.05, 4.69) is 9.71 Å². The number of aromatic nitrogens is 1. The van der Waals surface area contributed by atoms with Crippen molar-refractivity contribution in [3.63, 3.8) is 0 Å². The summed E-state index contributed by atoms with van der Waals surface area (Å²) in [5.41, 5.74) is 0.414. The van der Waals surface area contributed by atoms with E-state index in [0.29, 0.717) is 31.1 Å². The standard InChI is InChI=1S/C19H23N3O4S/c1-26-16-7-9-17(10-8-16)27(24,25)21-13-15-5-4-12-22(14-15)19(23)18-6-2-3-11-20-18/h2-3,6-11,15,21H,4-5,12-14H2,1H3. The zero-order chi connectivity index (χ0) is 19.3. The second-order valence-electron chi connectivity index (χ2n) is 6.50. The molecule has 27 heavy (non-hydrogen) atoms. The number of hydrogen-bond donors (Lipinski definition) is 1. The third kappa shape index (κ3) is 4.84. The van der Waals surface area contributed by atoms with Gasteiger partial charge in [0, 0.05) is 25.8 Å². The lowest BCUT2D eigenvalue weighted by molar-refractivity contribution is 0.0670. The van der Waals surface area contributed by atoms with Crippen LogP contribution in [0.3, 0.4) is 0 Å². The maximum absolute atomic E-state index is 12.5. The number of amides is 1. The number of nitrogens with one attached hydrogen (secondary N) is 1. The van der Waals surface area contributed by atoms with E-state index in [1.54, 1.807) is 41.4 Å². The van der Waals surface area contributed by atoms with Gasteiger partial charge in [0.15, 0.2) is 0 Å². The van der Waals surface area contributed by atoms with E-state index in [1.165, 1.54) is 19.2 Å². The number of nitrogens with zero attached hydrogens (tertiary/aromatic N) is 2. The topological polar surface area (TPSA) is 88.6 Å². The third-order valence-corrected chi connectivity index (χ3v) is 6.06. The number of benzene rings is 1. The molecule has 1 aliphatic rings. The lowest BCUT2D eigenvalue weighted by Gasteiger charge is -2.32. The molecule has 0 saturated carbocycles. The van der Waals surface area contributed by atoms with E-state index >= 15 is 0 Å². The quantitative estimate of drug-likeness (QED) is 0.815. The van der Waals surface area contributed by atoms with Crippen LogP contribution in [-0.2, 0) is 10.0 Å². The maximum atomic E-state index is 12.5. The molecule has 0 radical (unpaired) electrons. The first kappa shape index (κ1) is 19.3. The van der Waals surface area contributed by atoms with Crippen LogP contribution in [0.15, 0.2) is 53.6 Å². The van der Waals surface area contributed by atoms with Crippen molar-refractivity contribution in [2.24, 2.45) is 5.92 Å². The molecule has 0 aliphatic carbocycles. The van der Waals surface area contributed by atoms with E-state index in [1.807, 2.05) is 0 Å². The van der Waals surface area contributed by atoms with Crippen LogP contribution in [0.2, 0.25) is 0 Å². The molecule has 3 rings (SSSR count). The van der Waals surface area contributed by atoms with Crippen molar-refractivity contribution in [2.75, 3.05) is 26.7 Å². The van der Waals surface area contributed by atoms with E-state index in [0.717, 1.165) is 12.8 Å². The largest absolute Gasteiger partial charge is 0.497 e. The summed E-state index contributed by atoms with van der Waals surface area (Å²) in [6.07, 6.45) is 3.31. The number of hydrogen-bond acceptors (Lipinski definition) is 5. The van der Waals surface area contributed by atoms with Gasteiger partial charge in [0.05, 0.1) is 12.0 Å². The van der Waals surface area contributed by atoms with Crippen LogP contribution in [0.5, 0.6) is 5.75 Å². The molecule has 1 fully saturated rings. The first-order valence-electron chi connectivity index (χ1n) is 8.83. The average molecular weight is 389 g/mol. The van der Waals surface area contributed by atoms with E-state index < -0.39 is 10.0 Å². The van der Waals surface area contributed by atoms with Crippen molar-refractivity contribution in [3.8, 4) is 5.75 Å². The second-order valence-corrected chi connectivity index (χ2v) is 8.27. The monoisotopic (exact) mass is 389 g/mol. The van der Waals surface area contributed by atoms with Crippen molar-refractivity contribution in [2.45, 2.75) is 17.7 Å². The van der Waals surface area contributed by atoms with Crippen LogP contribution in [0.4, 0.5) is 0 Å². The molecule has 2 heterocycles. The highest BCUT2D eigenvalue weighted by molar-refractivity contribution is 7.89. The summed E-state index contributed by atoms with van der Waals surface area (Å²) in [5.74, 6) is 0.558. The Labute approximate surface area is 159 Å². The minimum Gasteiger partial charge on any atom is -0.497 e. The van der Waals surface area contributed by atoms with Crippen LogP contribution in [0.25, 0.3) is 0 Å². The van der Waals surface area contributed by atoms with Crippen LogP contribution >= 0.6 is 0 Å². The molecule has 7 nitrogen and oxygen atoms in total. The Hall–Kier alpha value is -2.45. The third-order valence-electron chi connectivity index (χ3n) is 4.62. The Morgan fingerprint density at radius 3 is 2.70 bits per heavy atom. The van der Waals surface area contributed by atoms with E-state index in [9.17, 15) is 13.2 Å². The SMILES string of the molecule is COc1ccc(S(=O)(=O)NCC2CCCN(C(=O)c3ccccn3)C2)cc1. The fourth-order valence-electron chi connectivity index (χ4n) is 3.13. The van der Waals surface area contributed by atoms with Crippen molar-refractivity contribution < 1.29 is 17.9 Å². The summed E-state index contributed by atoms with van der Waals surface area (Å²) >= 11 is 0. The number of carbonyl (C=O) groups is 1. The molecule has 1 unspecified atom stereocenters. The number of sulfonamides is 1. The molecular weight excluding hydrogens is 366 g/mol. The molecule has 1 amide bonds. The lowest BCUT2D eigenvalue weighted by atomic mass is 9.98. The van der Waals surface area contributed by atoms with Crippen molar-refractivity contribution in [1.29, 1.82) is 0 Å². The van der Waals surface area contributed by atoms with Gasteiger partial charge in [-0.2, -0.15) is 0 Å². The highest BCUT2D eigenvalue weighted by Gasteiger charge is 2.26. The highest BCUT2D eigenvalue weighted by Crippen LogP contribution is 2.19. The smallest absolute Gasteiger partial charge is 0.272 e. The second kappa shape index (κ2) is 8.49. The minimum atomic E-state index is -3.60. The molecule has 0 spiro atoms. The molecule has 1 aliphatic heterocycles. The fourth-order valence-corrected chi connectivity index (χ4v) is 4.25. The average Bonchev–Trinajstić information content (AvgIpc) is 2.72. The van der Waals surface area contributed by atoms with Crippen molar-refractivity contribution in [1.82, 2.24) is 14.6 Å². The molecule has 144 valence electrons. The first-order valence-corrected chi connectivity index (χ1v) is 10.3. The van der Waals surface area contributed by atoms with E-state index in [4.69, 9.17) is 4.74 Å². The van der Waals surface area contributed by atoms with Gasteiger partial charge in [-0.05, 0) is 55.2 Å². The Bertz CT molecular complexity index is 870. The normalized spacial score (nSPS) is 17.5. The summed E-state index contributed by atoms with van der Waals surface area (Å²) in [5, 5.41) is 0. The number of piperidine rings is 1. The molecular formula is C19H23N3O4S. The van der Waals surface area contributed by atoms with Gasteiger partial charge < -0.3 is 9.64 Å². The molecule has 1 aromatic heterocycles. The summed E-state index contributed by atoms with van der Waals surface area (Å²) in [4.78, 5) is 18.6. The number of pyridine rings is 1. The van der Waals surface area contributed by atoms with Crippen molar-refractivity contribution in [3.05, 3.63) is 54.4 Å². The van der Waals surface area contributed by atoms with Gasteiger partial charge in [0.2, 0.25) is 10.0 Å². The molecule has 0 bridgehead atoms. The Kier molecular flexibility index (Phi) is 6.08. The fraction of sp³-hybridized carbons (Fsp3) is 0.368. The molecule has 1 saturated heterocycles. The maximum Gasteiger partial charge on any atom is 0.272 e. The number of ether oxygens (including phenoxy) is 1. The molecule has 8 heteroatoms.